The fraction of sp³-hybridized carbons (Fsp3) is 0.667. The van der Waals surface area contributed by atoms with Crippen LogP contribution in [0.2, 0.25) is 0 Å². The molecule has 36 valence electrons. The van der Waals surface area contributed by atoms with E-state index in [0.717, 1.165) is 0 Å². The predicted molar refractivity (Wildman–Crippen MR) is 26.4 cm³/mol. The van der Waals surface area contributed by atoms with E-state index in [0.29, 0.717) is 0 Å². The van der Waals surface area contributed by atoms with Crippen molar-refractivity contribution in [3.8, 4) is 0 Å². The first-order valence-electron chi connectivity index (χ1n) is 1.15. The maximum Gasteiger partial charge on any atom is 2.00 e. The monoisotopic (exact) mass is 119 g/mol. The molecule has 0 saturated heterocycles. The summed E-state index contributed by atoms with van der Waals surface area (Å²) in [5.41, 5.74) is 0. The van der Waals surface area contributed by atoms with Gasteiger partial charge in [-0.05, 0) is 0 Å². The third-order valence-corrected chi connectivity index (χ3v) is 0. The van der Waals surface area contributed by atoms with Gasteiger partial charge in [-0.25, -0.2) is 0 Å². The summed E-state index contributed by atoms with van der Waals surface area (Å²) in [7, 11) is 0. The predicted octanol–water partition coefficient (Wildman–Crippen LogP) is -1.98. The van der Waals surface area contributed by atoms with E-state index in [-0.39, 0.29) is 41.6 Å². The third kappa shape index (κ3) is 78.3. The van der Waals surface area contributed by atoms with Crippen LogP contribution in [0.3, 0.4) is 0 Å². The van der Waals surface area contributed by atoms with Crippen LogP contribution in [-0.4, -0.2) is 23.1 Å². The quantitative estimate of drug-likeness (QED) is 0.291. The van der Waals surface area contributed by atoms with Gasteiger partial charge in [-0.2, -0.15) is 13.8 Å². The minimum absolute atomic E-state index is 0. The van der Waals surface area contributed by atoms with E-state index in [1.807, 2.05) is 20.3 Å². The van der Waals surface area contributed by atoms with Crippen molar-refractivity contribution in [2.24, 2.45) is 0 Å². The maximum atomic E-state index is 2.00. The van der Waals surface area contributed by atoms with E-state index in [4.69, 9.17) is 0 Å². The third-order valence-electron chi connectivity index (χ3n) is 0. The molecule has 0 aromatic rings. The van der Waals surface area contributed by atoms with E-state index in [1.54, 1.807) is 0 Å². The van der Waals surface area contributed by atoms with E-state index >= 15 is 0 Å². The Hall–Kier alpha value is 1.02. The van der Waals surface area contributed by atoms with Crippen LogP contribution in [0.25, 0.3) is 0 Å². The molecule has 0 atom stereocenters. The van der Waals surface area contributed by atoms with Crippen molar-refractivity contribution in [3.63, 3.8) is 0 Å². The van der Waals surface area contributed by atoms with Gasteiger partial charge in [0.1, 0.15) is 0 Å². The van der Waals surface area contributed by atoms with Crippen LogP contribution in [-0.2, 0) is 0 Å². The molecule has 0 bridgehead atoms. The average Bonchev–Trinajstić information content (AvgIpc) is 0.918. The number of hydrogen-bond donors (Lipinski definition) is 1. The minimum atomic E-state index is 0. The van der Waals surface area contributed by atoms with Crippen LogP contribution in [0, 0.1) is 6.42 Å². The van der Waals surface area contributed by atoms with Crippen molar-refractivity contribution in [3.05, 3.63) is 6.42 Å². The van der Waals surface area contributed by atoms with Crippen LogP contribution in [0.5, 0.6) is 0 Å². The van der Waals surface area contributed by atoms with Crippen LogP contribution in [0.1, 0.15) is 13.8 Å². The van der Waals surface area contributed by atoms with Gasteiger partial charge in [-0.3, -0.25) is 0 Å². The zero-order chi connectivity index (χ0) is 2.71. The van der Waals surface area contributed by atoms with Crippen molar-refractivity contribution < 1.29 is 12.4 Å². The van der Waals surface area contributed by atoms with Gasteiger partial charge in [-0.15, -0.1) is 0 Å². The van der Waals surface area contributed by atoms with E-state index in [9.17, 15) is 0 Å². The van der Waals surface area contributed by atoms with Crippen LogP contribution in [0.15, 0.2) is 0 Å². The van der Waals surface area contributed by atoms with E-state index in [1.165, 1.54) is 0 Å². The van der Waals surface area contributed by atoms with Crippen LogP contribution < -0.4 is 18.6 Å². The second-order valence-electron chi connectivity index (χ2n) is 0.577. The molecule has 0 amide bonds. The molecule has 0 fully saturated rings. The van der Waals surface area contributed by atoms with Crippen molar-refractivity contribution in [2.75, 3.05) is 0 Å². The van der Waals surface area contributed by atoms with Gasteiger partial charge in [0.05, 0.1) is 0 Å². The molecule has 3 heteroatoms. The fourth-order valence-electron chi connectivity index (χ4n) is 0. The molecule has 0 aliphatic heterocycles. The molecule has 1 nitrogen and oxygen atoms in total. The van der Waals surface area contributed by atoms with Crippen molar-refractivity contribution >= 4 is 23.1 Å². The first-order valence-corrected chi connectivity index (χ1v) is 1.15. The first-order chi connectivity index (χ1) is 1.41. The topological polar surface area (TPSA) is 35.0 Å². The summed E-state index contributed by atoms with van der Waals surface area (Å²) >= 11 is 0. The average molecular weight is 120 g/mol. The van der Waals surface area contributed by atoms with E-state index < -0.39 is 0 Å². The Morgan fingerprint density at radius 2 is 1.17 bits per heavy atom. The number of halogens is 1. The largest absolute Gasteiger partial charge is 2.00 e. The Morgan fingerprint density at radius 1 is 1.17 bits per heavy atom. The Morgan fingerprint density at radius 3 is 1.17 bits per heavy atom. The second kappa shape index (κ2) is 37.2. The smallest absolute Gasteiger partial charge is 1.00 e. The van der Waals surface area contributed by atoms with Crippen molar-refractivity contribution in [2.45, 2.75) is 13.8 Å². The molecule has 0 saturated carbocycles. The van der Waals surface area contributed by atoms with Crippen molar-refractivity contribution in [1.29, 1.82) is 0 Å². The molecule has 0 aliphatic rings. The van der Waals surface area contributed by atoms with Gasteiger partial charge in [0.2, 0.25) is 0 Å². The molecule has 0 aliphatic carbocycles. The number of rotatable bonds is 0. The van der Waals surface area contributed by atoms with E-state index in [2.05, 4.69) is 0 Å². The molecule has 0 heterocycles. The van der Waals surface area contributed by atoms with Gasteiger partial charge in [-0.1, -0.05) is 0 Å². The normalized spacial score (nSPS) is 3.00. The standard InChI is InChI=1S/C3H7.ClH.Mg.H3N/c1-3-2;;;/h3H,1-2H3;1H;;1H3/q-1;;+2;/p-1. The summed E-state index contributed by atoms with van der Waals surface area (Å²) < 4.78 is 0. The molecule has 0 aromatic carbocycles. The Balaban J connectivity index is -0.00000000667. The van der Waals surface area contributed by atoms with Crippen LogP contribution in [0.4, 0.5) is 0 Å². The molecule has 0 rings (SSSR count). The fourth-order valence-corrected chi connectivity index (χ4v) is 0. The Kier molecular flexibility index (Phi) is 173. The first kappa shape index (κ1) is 27.9. The van der Waals surface area contributed by atoms with Gasteiger partial charge in [0, 0.05) is 0 Å². The van der Waals surface area contributed by atoms with Gasteiger partial charge < -0.3 is 25.0 Å². The molecule has 0 unspecified atom stereocenters. The minimum Gasteiger partial charge on any atom is -1.00 e. The summed E-state index contributed by atoms with van der Waals surface area (Å²) in [6.45, 7) is 4.00. The second-order valence-corrected chi connectivity index (χ2v) is 0.577. The summed E-state index contributed by atoms with van der Waals surface area (Å²) in [6.07, 6.45) is 2.00. The molecular weight excluding hydrogens is 110 g/mol. The zero-order valence-electron chi connectivity index (χ0n) is 4.37. The van der Waals surface area contributed by atoms with Gasteiger partial charge in [0.15, 0.2) is 0 Å². The molecular formula is C3H10ClMgN. The molecule has 6 heavy (non-hydrogen) atoms. The Bertz CT molecular complexity index is 10.8. The SMILES string of the molecule is C[CH-]C.N.[Cl-].[Mg+2]. The summed E-state index contributed by atoms with van der Waals surface area (Å²) in [4.78, 5) is 0. The zero-order valence-corrected chi connectivity index (χ0v) is 6.54. The molecule has 3 N–H and O–H groups in total. The van der Waals surface area contributed by atoms with Crippen molar-refractivity contribution in [1.82, 2.24) is 6.15 Å². The molecule has 0 spiro atoms. The molecule has 0 radical (unpaired) electrons. The maximum absolute atomic E-state index is 2.00. The Labute approximate surface area is 62.0 Å². The van der Waals surface area contributed by atoms with Gasteiger partial charge in [0.25, 0.3) is 0 Å². The summed E-state index contributed by atoms with van der Waals surface area (Å²) in [5, 5.41) is 0. The van der Waals surface area contributed by atoms with Crippen LogP contribution >= 0.6 is 0 Å². The number of hydrogen-bond acceptors (Lipinski definition) is 1. The summed E-state index contributed by atoms with van der Waals surface area (Å²) in [6, 6.07) is 0. The molecule has 0 aromatic heterocycles. The van der Waals surface area contributed by atoms with Gasteiger partial charge >= 0.3 is 23.1 Å². The summed E-state index contributed by atoms with van der Waals surface area (Å²) in [5.74, 6) is 0.